The Morgan fingerprint density at radius 1 is 1.15 bits per heavy atom. The summed E-state index contributed by atoms with van der Waals surface area (Å²) in [5, 5.41) is 0. The van der Waals surface area contributed by atoms with Gasteiger partial charge in [0.1, 0.15) is 0 Å². The summed E-state index contributed by atoms with van der Waals surface area (Å²) in [6.45, 7) is 6.80. The highest BCUT2D eigenvalue weighted by Crippen LogP contribution is 2.39. The Morgan fingerprint density at radius 2 is 2.08 bits per heavy atom. The van der Waals surface area contributed by atoms with E-state index >= 15 is 0 Å². The molecule has 5 nitrogen and oxygen atoms in total. The Labute approximate surface area is 155 Å². The molecule has 0 bridgehead atoms. The molecule has 0 aliphatic carbocycles. The number of hydrogen-bond donors (Lipinski definition) is 0. The topological polar surface area (TPSA) is 49.3 Å². The Kier molecular flexibility index (Phi) is 4.72. The summed E-state index contributed by atoms with van der Waals surface area (Å²) in [5.41, 5.74) is 3.15. The predicted molar refractivity (Wildman–Crippen MR) is 101 cm³/mol. The first-order chi connectivity index (χ1) is 12.6. The average Bonchev–Trinajstić information content (AvgIpc) is 3.03. The van der Waals surface area contributed by atoms with E-state index in [9.17, 15) is 4.79 Å². The van der Waals surface area contributed by atoms with E-state index in [-0.39, 0.29) is 11.3 Å². The lowest BCUT2D eigenvalue weighted by Crippen LogP contribution is -2.47. The summed E-state index contributed by atoms with van der Waals surface area (Å²) in [6.07, 6.45) is 6.84. The summed E-state index contributed by atoms with van der Waals surface area (Å²) in [4.78, 5) is 26.1. The van der Waals surface area contributed by atoms with Crippen molar-refractivity contribution in [1.29, 1.82) is 0 Å². The highest BCUT2D eigenvalue weighted by Gasteiger charge is 2.42. The maximum atomic E-state index is 12.8. The largest absolute Gasteiger partial charge is 0.338 e. The number of hydrogen-bond acceptors (Lipinski definition) is 4. The third-order valence-electron chi connectivity index (χ3n) is 5.71. The lowest BCUT2D eigenvalue weighted by molar-refractivity contribution is 0.0526. The summed E-state index contributed by atoms with van der Waals surface area (Å²) < 4.78 is 0. The quantitative estimate of drug-likeness (QED) is 0.854. The van der Waals surface area contributed by atoms with Crippen molar-refractivity contribution in [3.63, 3.8) is 0 Å². The predicted octanol–water partition coefficient (Wildman–Crippen LogP) is 2.91. The minimum atomic E-state index is 0.121. The molecular weight excluding hydrogens is 324 g/mol. The molecule has 0 aromatic carbocycles. The number of nitrogens with zero attached hydrogens (tertiary/aromatic N) is 4. The van der Waals surface area contributed by atoms with Crippen LogP contribution in [0.25, 0.3) is 0 Å². The second kappa shape index (κ2) is 7.16. The highest BCUT2D eigenvalue weighted by molar-refractivity contribution is 5.94. The fraction of sp³-hybridized carbons (Fsp3) is 0.476. The van der Waals surface area contributed by atoms with Crippen LogP contribution in [-0.4, -0.2) is 51.9 Å². The first kappa shape index (κ1) is 17.2. The van der Waals surface area contributed by atoms with E-state index in [1.54, 1.807) is 12.4 Å². The lowest BCUT2D eigenvalue weighted by Gasteiger charge is -2.40. The maximum Gasteiger partial charge on any atom is 0.255 e. The number of piperidine rings is 1. The molecule has 0 saturated carbocycles. The second-order valence-corrected chi connectivity index (χ2v) is 7.80. The summed E-state index contributed by atoms with van der Waals surface area (Å²) in [7, 11) is 0. The number of aromatic nitrogens is 2. The monoisotopic (exact) mass is 350 g/mol. The molecule has 1 amide bonds. The van der Waals surface area contributed by atoms with Gasteiger partial charge in [-0.15, -0.1) is 0 Å². The zero-order valence-electron chi connectivity index (χ0n) is 15.4. The van der Waals surface area contributed by atoms with Gasteiger partial charge in [0.2, 0.25) is 0 Å². The van der Waals surface area contributed by atoms with E-state index in [0.717, 1.165) is 57.0 Å². The van der Waals surface area contributed by atoms with Crippen LogP contribution in [-0.2, 0) is 6.54 Å². The Hall–Kier alpha value is -2.27. The highest BCUT2D eigenvalue weighted by atomic mass is 16.2. The molecule has 26 heavy (non-hydrogen) atoms. The minimum absolute atomic E-state index is 0.121. The van der Waals surface area contributed by atoms with Gasteiger partial charge in [-0.3, -0.25) is 19.7 Å². The van der Waals surface area contributed by atoms with Crippen LogP contribution in [0, 0.1) is 12.3 Å². The molecule has 0 radical (unpaired) electrons. The molecule has 0 N–H and O–H groups in total. The van der Waals surface area contributed by atoms with Crippen molar-refractivity contribution in [1.82, 2.24) is 19.8 Å². The summed E-state index contributed by atoms with van der Waals surface area (Å²) in [5.74, 6) is 0.121. The molecule has 0 unspecified atom stereocenters. The molecule has 2 aromatic heterocycles. The van der Waals surface area contributed by atoms with Gasteiger partial charge < -0.3 is 4.90 Å². The van der Waals surface area contributed by atoms with Crippen LogP contribution in [0.1, 0.15) is 41.0 Å². The minimum Gasteiger partial charge on any atom is -0.338 e. The Balaban J connectivity index is 1.42. The van der Waals surface area contributed by atoms with Crippen molar-refractivity contribution in [3.05, 3.63) is 59.7 Å². The van der Waals surface area contributed by atoms with Crippen molar-refractivity contribution in [3.8, 4) is 0 Å². The molecule has 2 fully saturated rings. The van der Waals surface area contributed by atoms with Crippen molar-refractivity contribution in [2.24, 2.45) is 5.41 Å². The van der Waals surface area contributed by atoms with Gasteiger partial charge in [-0.1, -0.05) is 6.07 Å². The van der Waals surface area contributed by atoms with Crippen LogP contribution < -0.4 is 0 Å². The smallest absolute Gasteiger partial charge is 0.255 e. The number of rotatable bonds is 3. The number of carbonyl (C=O) groups excluding carboxylic acids is 1. The maximum absolute atomic E-state index is 12.8. The van der Waals surface area contributed by atoms with Gasteiger partial charge in [0.25, 0.3) is 5.91 Å². The van der Waals surface area contributed by atoms with Crippen molar-refractivity contribution in [2.45, 2.75) is 32.7 Å². The lowest BCUT2D eigenvalue weighted by atomic mass is 9.79. The van der Waals surface area contributed by atoms with E-state index in [4.69, 9.17) is 0 Å². The van der Waals surface area contributed by atoms with Crippen molar-refractivity contribution < 1.29 is 4.79 Å². The zero-order valence-corrected chi connectivity index (χ0v) is 15.4. The fourth-order valence-corrected chi connectivity index (χ4v) is 4.47. The van der Waals surface area contributed by atoms with Crippen LogP contribution in [0.2, 0.25) is 0 Å². The van der Waals surface area contributed by atoms with E-state index in [2.05, 4.69) is 27.0 Å². The van der Waals surface area contributed by atoms with Gasteiger partial charge in [0.05, 0.1) is 11.3 Å². The van der Waals surface area contributed by atoms with Crippen LogP contribution >= 0.6 is 0 Å². The first-order valence-electron chi connectivity index (χ1n) is 9.48. The van der Waals surface area contributed by atoms with Gasteiger partial charge in [0.15, 0.2) is 0 Å². The number of amides is 1. The van der Waals surface area contributed by atoms with Crippen molar-refractivity contribution >= 4 is 5.91 Å². The number of aryl methyl sites for hydroxylation is 1. The van der Waals surface area contributed by atoms with E-state index in [0.29, 0.717) is 5.56 Å². The summed E-state index contributed by atoms with van der Waals surface area (Å²) in [6, 6.07) is 9.92. The van der Waals surface area contributed by atoms with Gasteiger partial charge in [-0.25, -0.2) is 0 Å². The van der Waals surface area contributed by atoms with Crippen LogP contribution in [0.15, 0.2) is 42.7 Å². The number of pyridine rings is 2. The molecule has 2 aliphatic heterocycles. The summed E-state index contributed by atoms with van der Waals surface area (Å²) >= 11 is 0. The van der Waals surface area contributed by atoms with Crippen LogP contribution in [0.5, 0.6) is 0 Å². The first-order valence-corrected chi connectivity index (χ1v) is 9.48. The van der Waals surface area contributed by atoms with Gasteiger partial charge in [0, 0.05) is 49.7 Å². The number of likely N-dealkylation sites (tertiary alicyclic amines) is 2. The molecular formula is C21H26N4O. The average molecular weight is 350 g/mol. The van der Waals surface area contributed by atoms with Gasteiger partial charge in [-0.05, 0) is 57.0 Å². The van der Waals surface area contributed by atoms with Crippen molar-refractivity contribution in [2.75, 3.05) is 26.2 Å². The molecule has 4 heterocycles. The van der Waals surface area contributed by atoms with E-state index in [1.165, 1.54) is 6.42 Å². The normalized spacial score (nSPS) is 23.5. The molecule has 5 heteroatoms. The molecule has 4 rings (SSSR count). The molecule has 1 atom stereocenters. The Bertz CT molecular complexity index is 779. The number of carbonyl (C=O) groups is 1. The van der Waals surface area contributed by atoms with Gasteiger partial charge in [-0.2, -0.15) is 0 Å². The molecule has 2 saturated heterocycles. The molecule has 2 aromatic rings. The van der Waals surface area contributed by atoms with Gasteiger partial charge >= 0.3 is 0 Å². The molecule has 1 spiro atoms. The standard InChI is InChI=1S/C21H26N4O/c1-17-5-2-7-19(23-17)14-24-12-9-21(15-24)8-4-11-25(16-21)20(26)18-6-3-10-22-13-18/h2-3,5-7,10,13H,4,8-9,11-12,14-16H2,1H3/t21-/m0/s1. The Morgan fingerprint density at radius 3 is 2.88 bits per heavy atom. The van der Waals surface area contributed by atoms with E-state index < -0.39 is 0 Å². The third kappa shape index (κ3) is 3.63. The molecule has 2 aliphatic rings. The zero-order chi connectivity index (χ0) is 18.0. The van der Waals surface area contributed by atoms with Crippen LogP contribution in [0.3, 0.4) is 0 Å². The second-order valence-electron chi connectivity index (χ2n) is 7.80. The third-order valence-corrected chi connectivity index (χ3v) is 5.71. The molecule has 136 valence electrons. The van der Waals surface area contributed by atoms with E-state index in [1.807, 2.05) is 30.0 Å². The SMILES string of the molecule is Cc1cccc(CN2CC[C@@]3(CCCN(C(=O)c4cccnc4)C3)C2)n1. The fourth-order valence-electron chi connectivity index (χ4n) is 4.47. The van der Waals surface area contributed by atoms with Crippen LogP contribution in [0.4, 0.5) is 0 Å².